The van der Waals surface area contributed by atoms with E-state index in [9.17, 15) is 4.79 Å². The van der Waals surface area contributed by atoms with Crippen LogP contribution in [-0.2, 0) is 0 Å². The Morgan fingerprint density at radius 2 is 1.87 bits per heavy atom. The van der Waals surface area contributed by atoms with Crippen LogP contribution >= 0.6 is 0 Å². The zero-order chi connectivity index (χ0) is 10.8. The summed E-state index contributed by atoms with van der Waals surface area (Å²) >= 11 is 0. The maximum atomic E-state index is 11.9. The molecule has 1 aromatic carbocycles. The number of methoxy groups -OCH3 is 2. The summed E-state index contributed by atoms with van der Waals surface area (Å²) in [5.41, 5.74) is 0.261. The number of rotatable bonds is 2. The molecule has 1 aromatic heterocycles. The van der Waals surface area contributed by atoms with Crippen LogP contribution < -0.4 is 14.9 Å². The number of hydrogen-bond donors (Lipinski definition) is 0. The molecule has 2 aromatic rings. The average Bonchev–Trinajstić information content (AvgIpc) is 2.29. The summed E-state index contributed by atoms with van der Waals surface area (Å²) in [4.78, 5) is 11.9. The van der Waals surface area contributed by atoms with Crippen LogP contribution in [0.2, 0.25) is 0 Å². The van der Waals surface area contributed by atoms with Gasteiger partial charge in [-0.1, -0.05) is 12.1 Å². The predicted molar refractivity (Wildman–Crippen MR) is 55.6 cm³/mol. The number of benzene rings is 1. The molecule has 0 bridgehead atoms. The van der Waals surface area contributed by atoms with Crippen LogP contribution in [0.15, 0.2) is 33.5 Å². The largest absolute Gasteiger partial charge is 0.487 e. The Kier molecular flexibility index (Phi) is 2.33. The van der Waals surface area contributed by atoms with Gasteiger partial charge in [-0.2, -0.15) is 0 Å². The molecule has 4 nitrogen and oxygen atoms in total. The summed E-state index contributed by atoms with van der Waals surface area (Å²) in [6, 6.07) is 6.95. The summed E-state index contributed by atoms with van der Waals surface area (Å²) in [7, 11) is 2.83. The Morgan fingerprint density at radius 3 is 2.53 bits per heavy atom. The van der Waals surface area contributed by atoms with Gasteiger partial charge in [-0.3, -0.25) is 4.79 Å². The first kappa shape index (κ1) is 9.58. The fraction of sp³-hybridized carbons (Fsp3) is 0.182. The molecule has 0 spiro atoms. The van der Waals surface area contributed by atoms with E-state index in [0.29, 0.717) is 11.0 Å². The second-order valence-corrected chi connectivity index (χ2v) is 2.95. The van der Waals surface area contributed by atoms with E-state index in [2.05, 4.69) is 0 Å². The third kappa shape index (κ3) is 1.44. The van der Waals surface area contributed by atoms with E-state index in [1.807, 2.05) is 0 Å². The maximum Gasteiger partial charge on any atom is 0.333 e. The summed E-state index contributed by atoms with van der Waals surface area (Å²) in [6.45, 7) is 0. The van der Waals surface area contributed by atoms with Crippen molar-refractivity contribution in [1.29, 1.82) is 0 Å². The normalized spacial score (nSPS) is 10.3. The quantitative estimate of drug-likeness (QED) is 0.751. The van der Waals surface area contributed by atoms with Crippen molar-refractivity contribution in [2.24, 2.45) is 0 Å². The molecule has 0 saturated heterocycles. The molecule has 0 atom stereocenters. The maximum absolute atomic E-state index is 11.9. The monoisotopic (exact) mass is 206 g/mol. The van der Waals surface area contributed by atoms with Gasteiger partial charge >= 0.3 is 5.95 Å². The third-order valence-electron chi connectivity index (χ3n) is 2.12. The number of para-hydroxylation sites is 1. The highest BCUT2D eigenvalue weighted by Crippen LogP contribution is 2.26. The van der Waals surface area contributed by atoms with Crippen molar-refractivity contribution in [3.8, 4) is 11.7 Å². The summed E-state index contributed by atoms with van der Waals surface area (Å²) < 4.78 is 15.2. The molecule has 0 saturated carbocycles. The Labute approximate surface area is 86.0 Å². The zero-order valence-corrected chi connectivity index (χ0v) is 8.44. The van der Waals surface area contributed by atoms with Crippen molar-refractivity contribution in [3.05, 3.63) is 34.5 Å². The molecule has 78 valence electrons. The van der Waals surface area contributed by atoms with Crippen LogP contribution in [0.5, 0.6) is 11.7 Å². The standard InChI is InChI=1S/C11H10O4/c1-13-10-9(12)7-5-3-4-6-8(7)15-11(10)14-2/h3-6H,1-2H3. The van der Waals surface area contributed by atoms with E-state index >= 15 is 0 Å². The van der Waals surface area contributed by atoms with Crippen LogP contribution in [0.25, 0.3) is 11.0 Å². The average molecular weight is 206 g/mol. The first-order valence-electron chi connectivity index (χ1n) is 4.41. The van der Waals surface area contributed by atoms with Gasteiger partial charge in [-0.05, 0) is 12.1 Å². The molecular formula is C11H10O4. The molecule has 0 aliphatic rings. The number of fused-ring (bicyclic) bond motifs is 1. The van der Waals surface area contributed by atoms with Crippen LogP contribution in [-0.4, -0.2) is 14.2 Å². The Morgan fingerprint density at radius 1 is 1.13 bits per heavy atom. The first-order valence-corrected chi connectivity index (χ1v) is 4.41. The van der Waals surface area contributed by atoms with Crippen molar-refractivity contribution < 1.29 is 13.9 Å². The molecule has 0 unspecified atom stereocenters. The van der Waals surface area contributed by atoms with E-state index in [1.54, 1.807) is 24.3 Å². The third-order valence-corrected chi connectivity index (χ3v) is 2.12. The molecule has 2 rings (SSSR count). The summed E-state index contributed by atoms with van der Waals surface area (Å²) in [5, 5.41) is 0.482. The minimum atomic E-state index is -0.226. The highest BCUT2D eigenvalue weighted by atomic mass is 16.6. The molecule has 4 heteroatoms. The molecule has 15 heavy (non-hydrogen) atoms. The highest BCUT2D eigenvalue weighted by Gasteiger charge is 2.14. The van der Waals surface area contributed by atoms with Crippen LogP contribution in [0.1, 0.15) is 0 Å². The van der Waals surface area contributed by atoms with Gasteiger partial charge in [0.15, 0.2) is 0 Å². The molecule has 0 aliphatic heterocycles. The van der Waals surface area contributed by atoms with Crippen molar-refractivity contribution >= 4 is 11.0 Å². The van der Waals surface area contributed by atoms with E-state index in [4.69, 9.17) is 13.9 Å². The molecule has 0 amide bonds. The Balaban J connectivity index is 2.88. The molecule has 1 heterocycles. The number of hydrogen-bond acceptors (Lipinski definition) is 4. The minimum absolute atomic E-state index is 0.0937. The van der Waals surface area contributed by atoms with Crippen LogP contribution in [0, 0.1) is 0 Å². The molecule has 0 fully saturated rings. The topological polar surface area (TPSA) is 48.7 Å². The lowest BCUT2D eigenvalue weighted by Gasteiger charge is -2.06. The first-order chi connectivity index (χ1) is 7.27. The van der Waals surface area contributed by atoms with Gasteiger partial charge in [-0.25, -0.2) is 0 Å². The summed E-state index contributed by atoms with van der Waals surface area (Å²) in [6.07, 6.45) is 0. The smallest absolute Gasteiger partial charge is 0.333 e. The van der Waals surface area contributed by atoms with Gasteiger partial charge < -0.3 is 13.9 Å². The van der Waals surface area contributed by atoms with Crippen LogP contribution in [0.3, 0.4) is 0 Å². The van der Waals surface area contributed by atoms with Crippen molar-refractivity contribution in [1.82, 2.24) is 0 Å². The van der Waals surface area contributed by atoms with E-state index < -0.39 is 0 Å². The van der Waals surface area contributed by atoms with Crippen molar-refractivity contribution in [2.45, 2.75) is 0 Å². The van der Waals surface area contributed by atoms with Gasteiger partial charge in [0.1, 0.15) is 5.58 Å². The zero-order valence-electron chi connectivity index (χ0n) is 8.44. The second-order valence-electron chi connectivity index (χ2n) is 2.95. The fourth-order valence-electron chi connectivity index (χ4n) is 1.41. The van der Waals surface area contributed by atoms with Gasteiger partial charge in [0.05, 0.1) is 19.6 Å². The Bertz CT molecular complexity index is 542. The van der Waals surface area contributed by atoms with Gasteiger partial charge in [-0.15, -0.1) is 0 Å². The predicted octanol–water partition coefficient (Wildman–Crippen LogP) is 1.81. The lowest BCUT2D eigenvalue weighted by molar-refractivity contribution is 0.275. The van der Waals surface area contributed by atoms with E-state index in [1.165, 1.54) is 14.2 Å². The Hall–Kier alpha value is -1.97. The number of ether oxygens (including phenoxy) is 2. The van der Waals surface area contributed by atoms with Crippen molar-refractivity contribution in [2.75, 3.05) is 14.2 Å². The minimum Gasteiger partial charge on any atom is -0.487 e. The molecule has 0 radical (unpaired) electrons. The van der Waals surface area contributed by atoms with Gasteiger partial charge in [0, 0.05) is 0 Å². The fourth-order valence-corrected chi connectivity index (χ4v) is 1.41. The molecule has 0 N–H and O–H groups in total. The lowest BCUT2D eigenvalue weighted by atomic mass is 10.2. The van der Waals surface area contributed by atoms with Crippen molar-refractivity contribution in [3.63, 3.8) is 0 Å². The van der Waals surface area contributed by atoms with E-state index in [0.717, 1.165) is 0 Å². The molecular weight excluding hydrogens is 196 g/mol. The molecule has 0 aliphatic carbocycles. The lowest BCUT2D eigenvalue weighted by Crippen LogP contribution is -2.07. The summed E-state index contributed by atoms with van der Waals surface area (Å²) in [5.74, 6) is 0.192. The van der Waals surface area contributed by atoms with E-state index in [-0.39, 0.29) is 17.1 Å². The van der Waals surface area contributed by atoms with Crippen LogP contribution in [0.4, 0.5) is 0 Å². The SMILES string of the molecule is COc1oc2ccccc2c(=O)c1OC. The van der Waals surface area contributed by atoms with Gasteiger partial charge in [0.25, 0.3) is 0 Å². The second kappa shape index (κ2) is 3.65. The highest BCUT2D eigenvalue weighted by molar-refractivity contribution is 5.78. The van der Waals surface area contributed by atoms with Gasteiger partial charge in [0.2, 0.25) is 11.2 Å².